The maximum Gasteiger partial charge on any atom is 0.320 e. The fraction of sp³-hybridized carbons (Fsp3) is 0.385. The molecule has 2 N–H and O–H groups in total. The molecule has 5 nitrogen and oxygen atoms in total. The van der Waals surface area contributed by atoms with Gasteiger partial charge in [-0.1, -0.05) is 24.2 Å². The van der Waals surface area contributed by atoms with Gasteiger partial charge in [0.05, 0.1) is 6.04 Å². The van der Waals surface area contributed by atoms with Gasteiger partial charge in [-0.15, -0.1) is 5.10 Å². The zero-order valence-corrected chi connectivity index (χ0v) is 10.9. The van der Waals surface area contributed by atoms with E-state index in [0.717, 1.165) is 12.1 Å². The molecule has 0 saturated carbocycles. The van der Waals surface area contributed by atoms with Crippen LogP contribution in [0.4, 0.5) is 11.7 Å². The summed E-state index contributed by atoms with van der Waals surface area (Å²) < 4.78 is 5.52. The second kappa shape index (κ2) is 5.64. The van der Waals surface area contributed by atoms with Crippen LogP contribution >= 0.6 is 0 Å². The molecule has 0 fully saturated rings. The van der Waals surface area contributed by atoms with Gasteiger partial charge in [0.15, 0.2) is 0 Å². The van der Waals surface area contributed by atoms with Crippen molar-refractivity contribution in [2.75, 3.05) is 12.4 Å². The van der Waals surface area contributed by atoms with Gasteiger partial charge in [0.2, 0.25) is 5.89 Å². The van der Waals surface area contributed by atoms with E-state index in [-0.39, 0.29) is 6.04 Å². The van der Waals surface area contributed by atoms with E-state index in [9.17, 15) is 0 Å². The van der Waals surface area contributed by atoms with Crippen molar-refractivity contribution in [1.29, 1.82) is 0 Å². The number of rotatable bonds is 5. The zero-order valence-electron chi connectivity index (χ0n) is 10.9. The summed E-state index contributed by atoms with van der Waals surface area (Å²) in [6.45, 7) is 4.09. The van der Waals surface area contributed by atoms with Crippen LogP contribution in [0, 0.1) is 0 Å². The molecule has 5 heteroatoms. The van der Waals surface area contributed by atoms with Crippen molar-refractivity contribution in [2.24, 2.45) is 0 Å². The first-order valence-electron chi connectivity index (χ1n) is 6.09. The molecule has 0 aliphatic rings. The van der Waals surface area contributed by atoms with Gasteiger partial charge < -0.3 is 15.1 Å². The lowest BCUT2D eigenvalue weighted by atomic mass is 10.1. The van der Waals surface area contributed by atoms with Crippen molar-refractivity contribution in [3.8, 4) is 0 Å². The molecule has 0 aliphatic carbocycles. The number of nitrogens with one attached hydrogen (secondary N) is 2. The van der Waals surface area contributed by atoms with E-state index >= 15 is 0 Å². The number of anilines is 2. The predicted molar refractivity (Wildman–Crippen MR) is 70.9 cm³/mol. The molecule has 0 amide bonds. The number of aryl methyl sites for hydroxylation is 1. The monoisotopic (exact) mass is 246 g/mol. The smallest absolute Gasteiger partial charge is 0.320 e. The first-order chi connectivity index (χ1) is 8.72. The first kappa shape index (κ1) is 12.6. The van der Waals surface area contributed by atoms with Crippen molar-refractivity contribution in [3.63, 3.8) is 0 Å². The Hall–Kier alpha value is -1.88. The van der Waals surface area contributed by atoms with E-state index < -0.39 is 0 Å². The Morgan fingerprint density at radius 2 is 2.17 bits per heavy atom. The van der Waals surface area contributed by atoms with Crippen molar-refractivity contribution in [2.45, 2.75) is 26.3 Å². The lowest BCUT2D eigenvalue weighted by Gasteiger charge is -2.04. The van der Waals surface area contributed by atoms with Crippen LogP contribution in [-0.4, -0.2) is 17.2 Å². The topological polar surface area (TPSA) is 63.0 Å². The molecule has 0 bridgehead atoms. The zero-order chi connectivity index (χ0) is 13.0. The molecule has 96 valence electrons. The van der Waals surface area contributed by atoms with Gasteiger partial charge in [0.1, 0.15) is 0 Å². The Balaban J connectivity index is 2.11. The van der Waals surface area contributed by atoms with Gasteiger partial charge in [0.25, 0.3) is 0 Å². The van der Waals surface area contributed by atoms with E-state index in [1.54, 1.807) is 0 Å². The van der Waals surface area contributed by atoms with Crippen molar-refractivity contribution in [1.82, 2.24) is 15.5 Å². The molecule has 1 heterocycles. The maximum absolute atomic E-state index is 5.52. The van der Waals surface area contributed by atoms with Crippen LogP contribution in [-0.2, 0) is 6.42 Å². The van der Waals surface area contributed by atoms with Gasteiger partial charge in [-0.05, 0) is 38.1 Å². The molecule has 0 saturated heterocycles. The van der Waals surface area contributed by atoms with Gasteiger partial charge in [0, 0.05) is 5.69 Å². The molecular formula is C13H18N4O. The third-order valence-electron chi connectivity index (χ3n) is 2.83. The number of hydrogen-bond donors (Lipinski definition) is 2. The number of benzene rings is 1. The van der Waals surface area contributed by atoms with Gasteiger partial charge >= 0.3 is 6.01 Å². The quantitative estimate of drug-likeness (QED) is 0.849. The first-order valence-corrected chi connectivity index (χ1v) is 6.09. The van der Waals surface area contributed by atoms with Gasteiger partial charge in [-0.2, -0.15) is 0 Å². The SMILES string of the molecule is CCc1cccc(Nc2nnc(C(C)NC)o2)c1. The third-order valence-corrected chi connectivity index (χ3v) is 2.83. The molecule has 1 unspecified atom stereocenters. The Kier molecular flexibility index (Phi) is 3.94. The van der Waals surface area contributed by atoms with E-state index in [2.05, 4.69) is 39.9 Å². The Morgan fingerprint density at radius 1 is 1.33 bits per heavy atom. The normalized spacial score (nSPS) is 12.4. The average molecular weight is 246 g/mol. The molecular weight excluding hydrogens is 228 g/mol. The molecule has 0 radical (unpaired) electrons. The van der Waals surface area contributed by atoms with Crippen LogP contribution in [0.3, 0.4) is 0 Å². The minimum atomic E-state index is 0.0510. The predicted octanol–water partition coefficient (Wildman–Crippen LogP) is 2.66. The highest BCUT2D eigenvalue weighted by Gasteiger charge is 2.11. The minimum absolute atomic E-state index is 0.0510. The highest BCUT2D eigenvalue weighted by Crippen LogP contribution is 2.19. The second-order valence-electron chi connectivity index (χ2n) is 4.13. The van der Waals surface area contributed by atoms with Crippen LogP contribution in [0.5, 0.6) is 0 Å². The van der Waals surface area contributed by atoms with Gasteiger partial charge in [-0.25, -0.2) is 0 Å². The van der Waals surface area contributed by atoms with Crippen LogP contribution in [0.1, 0.15) is 31.3 Å². The summed E-state index contributed by atoms with van der Waals surface area (Å²) in [5, 5.41) is 14.1. The van der Waals surface area contributed by atoms with Crippen LogP contribution < -0.4 is 10.6 Å². The molecule has 0 aliphatic heterocycles. The van der Waals surface area contributed by atoms with E-state index in [1.165, 1.54) is 5.56 Å². The summed E-state index contributed by atoms with van der Waals surface area (Å²) in [6.07, 6.45) is 1.00. The van der Waals surface area contributed by atoms with E-state index in [4.69, 9.17) is 4.42 Å². The number of hydrogen-bond acceptors (Lipinski definition) is 5. The van der Waals surface area contributed by atoms with Crippen LogP contribution in [0.15, 0.2) is 28.7 Å². The van der Waals surface area contributed by atoms with Crippen molar-refractivity contribution < 1.29 is 4.42 Å². The standard InChI is InChI=1S/C13H18N4O/c1-4-10-6-5-7-11(8-10)15-13-17-16-12(18-13)9(2)14-3/h5-9,14H,4H2,1-3H3,(H,15,17). The lowest BCUT2D eigenvalue weighted by molar-refractivity contribution is 0.443. The second-order valence-corrected chi connectivity index (χ2v) is 4.13. The molecule has 2 aromatic rings. The highest BCUT2D eigenvalue weighted by molar-refractivity contribution is 5.53. The molecule has 2 rings (SSSR count). The maximum atomic E-state index is 5.52. The van der Waals surface area contributed by atoms with Crippen LogP contribution in [0.2, 0.25) is 0 Å². The highest BCUT2D eigenvalue weighted by atomic mass is 16.4. The van der Waals surface area contributed by atoms with E-state index in [0.29, 0.717) is 11.9 Å². The largest absolute Gasteiger partial charge is 0.406 e. The Labute approximate surface area is 107 Å². The molecule has 0 spiro atoms. The van der Waals surface area contributed by atoms with Crippen molar-refractivity contribution in [3.05, 3.63) is 35.7 Å². The summed E-state index contributed by atoms with van der Waals surface area (Å²) in [6, 6.07) is 8.62. The summed E-state index contributed by atoms with van der Waals surface area (Å²) in [5.41, 5.74) is 2.23. The summed E-state index contributed by atoms with van der Waals surface area (Å²) in [5.74, 6) is 0.576. The summed E-state index contributed by atoms with van der Waals surface area (Å²) in [4.78, 5) is 0. The molecule has 1 aromatic carbocycles. The van der Waals surface area contributed by atoms with Crippen LogP contribution in [0.25, 0.3) is 0 Å². The third kappa shape index (κ3) is 2.87. The van der Waals surface area contributed by atoms with E-state index in [1.807, 2.05) is 26.1 Å². The number of nitrogens with zero attached hydrogens (tertiary/aromatic N) is 2. The Morgan fingerprint density at radius 3 is 2.89 bits per heavy atom. The fourth-order valence-electron chi connectivity index (χ4n) is 1.58. The minimum Gasteiger partial charge on any atom is -0.406 e. The fourth-order valence-corrected chi connectivity index (χ4v) is 1.58. The van der Waals surface area contributed by atoms with Crippen molar-refractivity contribution >= 4 is 11.7 Å². The number of aromatic nitrogens is 2. The average Bonchev–Trinajstić information content (AvgIpc) is 2.86. The molecule has 1 atom stereocenters. The lowest BCUT2D eigenvalue weighted by Crippen LogP contribution is -2.12. The molecule has 1 aromatic heterocycles. The Bertz CT molecular complexity index is 509. The summed E-state index contributed by atoms with van der Waals surface area (Å²) in [7, 11) is 1.85. The molecule has 18 heavy (non-hydrogen) atoms. The van der Waals surface area contributed by atoms with Gasteiger partial charge in [-0.3, -0.25) is 0 Å². The summed E-state index contributed by atoms with van der Waals surface area (Å²) >= 11 is 0.